The van der Waals surface area contributed by atoms with Crippen molar-refractivity contribution < 1.29 is 9.59 Å². The van der Waals surface area contributed by atoms with Gasteiger partial charge in [-0.1, -0.05) is 56.1 Å². The Morgan fingerprint density at radius 2 is 1.36 bits per heavy atom. The number of halogens is 2. The standard InChI is InChI=1S/C19H20Cl2N2O2/c1-19(2,3)12-4-6-13(7-5-12)22-17(24)11-18(25)23-14-8-9-15(20)16(21)10-14/h4-10H,11H2,1-3H3,(H,22,24)(H,23,25). The largest absolute Gasteiger partial charge is 0.326 e. The first kappa shape index (κ1) is 19.3. The highest BCUT2D eigenvalue weighted by Gasteiger charge is 2.14. The Hall–Kier alpha value is -2.04. The predicted molar refractivity (Wildman–Crippen MR) is 103 cm³/mol. The fraction of sp³-hybridized carbons (Fsp3) is 0.263. The molecule has 0 atom stereocenters. The number of nitrogens with one attached hydrogen (secondary N) is 2. The summed E-state index contributed by atoms with van der Waals surface area (Å²) in [6.07, 6.45) is -0.290. The van der Waals surface area contributed by atoms with Gasteiger partial charge in [0, 0.05) is 11.4 Å². The van der Waals surface area contributed by atoms with Crippen molar-refractivity contribution >= 4 is 46.4 Å². The van der Waals surface area contributed by atoms with Crippen molar-refractivity contribution in [2.24, 2.45) is 0 Å². The number of anilines is 2. The summed E-state index contributed by atoms with van der Waals surface area (Å²) in [5, 5.41) is 6.06. The fourth-order valence-corrected chi connectivity index (χ4v) is 2.48. The van der Waals surface area contributed by atoms with E-state index in [1.54, 1.807) is 12.1 Å². The molecule has 2 rings (SSSR count). The first-order valence-corrected chi connectivity index (χ1v) is 8.56. The molecule has 25 heavy (non-hydrogen) atoms. The molecule has 6 heteroatoms. The second-order valence-corrected chi connectivity index (χ2v) is 7.54. The van der Waals surface area contributed by atoms with Gasteiger partial charge in [0.1, 0.15) is 6.42 Å². The third-order valence-corrected chi connectivity index (χ3v) is 4.30. The average Bonchev–Trinajstić information content (AvgIpc) is 2.50. The second-order valence-electron chi connectivity index (χ2n) is 6.73. The number of carbonyl (C=O) groups is 2. The third-order valence-electron chi connectivity index (χ3n) is 3.56. The fourth-order valence-electron chi connectivity index (χ4n) is 2.18. The molecule has 132 valence electrons. The van der Waals surface area contributed by atoms with E-state index in [-0.39, 0.29) is 17.7 Å². The molecule has 0 saturated carbocycles. The van der Waals surface area contributed by atoms with Gasteiger partial charge in [-0.2, -0.15) is 0 Å². The smallest absolute Gasteiger partial charge is 0.233 e. The maximum atomic E-state index is 12.0. The Bertz CT molecular complexity index is 781. The van der Waals surface area contributed by atoms with Gasteiger partial charge in [0.25, 0.3) is 0 Å². The average molecular weight is 379 g/mol. The van der Waals surface area contributed by atoms with Gasteiger partial charge in [0.2, 0.25) is 11.8 Å². The number of hydrogen-bond donors (Lipinski definition) is 2. The minimum Gasteiger partial charge on any atom is -0.326 e. The zero-order valence-electron chi connectivity index (χ0n) is 14.3. The van der Waals surface area contributed by atoms with Gasteiger partial charge >= 0.3 is 0 Å². The molecule has 0 saturated heterocycles. The zero-order valence-corrected chi connectivity index (χ0v) is 15.8. The van der Waals surface area contributed by atoms with E-state index in [1.165, 1.54) is 11.6 Å². The van der Waals surface area contributed by atoms with Crippen molar-refractivity contribution in [1.29, 1.82) is 0 Å². The monoisotopic (exact) mass is 378 g/mol. The molecule has 0 radical (unpaired) electrons. The molecular formula is C19H20Cl2N2O2. The van der Waals surface area contributed by atoms with Crippen LogP contribution in [0.25, 0.3) is 0 Å². The van der Waals surface area contributed by atoms with Crippen LogP contribution in [-0.4, -0.2) is 11.8 Å². The first-order chi connectivity index (χ1) is 11.6. The number of carbonyl (C=O) groups excluding carboxylic acids is 2. The van der Waals surface area contributed by atoms with Gasteiger partial charge in [0.05, 0.1) is 10.0 Å². The lowest BCUT2D eigenvalue weighted by Gasteiger charge is -2.19. The van der Waals surface area contributed by atoms with E-state index in [9.17, 15) is 9.59 Å². The van der Waals surface area contributed by atoms with Crippen molar-refractivity contribution in [3.8, 4) is 0 Å². The molecule has 2 N–H and O–H groups in total. The van der Waals surface area contributed by atoms with Gasteiger partial charge in [-0.25, -0.2) is 0 Å². The van der Waals surface area contributed by atoms with Crippen molar-refractivity contribution in [2.75, 3.05) is 10.6 Å². The highest BCUT2D eigenvalue weighted by atomic mass is 35.5. The maximum Gasteiger partial charge on any atom is 0.233 e. The summed E-state index contributed by atoms with van der Waals surface area (Å²) in [5.41, 5.74) is 2.35. The van der Waals surface area contributed by atoms with E-state index < -0.39 is 5.91 Å². The van der Waals surface area contributed by atoms with Gasteiger partial charge in [-0.3, -0.25) is 9.59 Å². The van der Waals surface area contributed by atoms with Crippen LogP contribution < -0.4 is 10.6 Å². The van der Waals surface area contributed by atoms with Crippen LogP contribution in [0.3, 0.4) is 0 Å². The molecule has 4 nitrogen and oxygen atoms in total. The summed E-state index contributed by atoms with van der Waals surface area (Å²) in [7, 11) is 0. The molecule has 2 amide bonds. The highest BCUT2D eigenvalue weighted by molar-refractivity contribution is 6.42. The summed E-state index contributed by atoms with van der Waals surface area (Å²) in [6, 6.07) is 12.3. The lowest BCUT2D eigenvalue weighted by atomic mass is 9.87. The molecule has 0 fully saturated rings. The summed E-state index contributed by atoms with van der Waals surface area (Å²) < 4.78 is 0. The number of hydrogen-bond acceptors (Lipinski definition) is 2. The summed E-state index contributed by atoms with van der Waals surface area (Å²) >= 11 is 11.7. The quantitative estimate of drug-likeness (QED) is 0.712. The van der Waals surface area contributed by atoms with Gasteiger partial charge in [-0.05, 0) is 41.3 Å². The normalized spacial score (nSPS) is 11.1. The van der Waals surface area contributed by atoms with Crippen LogP contribution in [0.2, 0.25) is 10.0 Å². The van der Waals surface area contributed by atoms with Crippen LogP contribution in [0.5, 0.6) is 0 Å². The minimum atomic E-state index is -0.429. The summed E-state index contributed by atoms with van der Waals surface area (Å²) in [5.74, 6) is -0.816. The summed E-state index contributed by atoms with van der Waals surface area (Å²) in [6.45, 7) is 6.36. The molecule has 0 spiro atoms. The molecule has 0 heterocycles. The van der Waals surface area contributed by atoms with Gasteiger partial charge in [-0.15, -0.1) is 0 Å². The Kier molecular flexibility index (Phi) is 6.09. The van der Waals surface area contributed by atoms with Crippen molar-refractivity contribution in [3.05, 3.63) is 58.1 Å². The van der Waals surface area contributed by atoms with Crippen molar-refractivity contribution in [3.63, 3.8) is 0 Å². The van der Waals surface area contributed by atoms with Crippen LogP contribution >= 0.6 is 23.2 Å². The molecular weight excluding hydrogens is 359 g/mol. The lowest BCUT2D eigenvalue weighted by molar-refractivity contribution is -0.123. The van der Waals surface area contributed by atoms with E-state index in [0.717, 1.165) is 0 Å². The van der Waals surface area contributed by atoms with E-state index in [4.69, 9.17) is 23.2 Å². The van der Waals surface area contributed by atoms with Crippen molar-refractivity contribution in [2.45, 2.75) is 32.6 Å². The van der Waals surface area contributed by atoms with Crippen molar-refractivity contribution in [1.82, 2.24) is 0 Å². The molecule has 0 aliphatic carbocycles. The second kappa shape index (κ2) is 7.89. The first-order valence-electron chi connectivity index (χ1n) is 7.80. The van der Waals surface area contributed by atoms with E-state index in [0.29, 0.717) is 21.4 Å². The Morgan fingerprint density at radius 3 is 1.88 bits per heavy atom. The predicted octanol–water partition coefficient (Wildman–Crippen LogP) is 5.26. The van der Waals surface area contributed by atoms with Crippen LogP contribution in [0.4, 0.5) is 11.4 Å². The number of benzene rings is 2. The Morgan fingerprint density at radius 1 is 0.840 bits per heavy atom. The molecule has 0 aliphatic heterocycles. The Labute approximate surface area is 157 Å². The third kappa shape index (κ3) is 5.76. The topological polar surface area (TPSA) is 58.2 Å². The lowest BCUT2D eigenvalue weighted by Crippen LogP contribution is -2.21. The molecule has 2 aromatic carbocycles. The zero-order chi connectivity index (χ0) is 18.6. The van der Waals surface area contributed by atoms with Gasteiger partial charge in [0.15, 0.2) is 0 Å². The molecule has 0 unspecified atom stereocenters. The molecule has 2 aromatic rings. The molecule has 0 bridgehead atoms. The number of amides is 2. The van der Waals surface area contributed by atoms with E-state index in [1.807, 2.05) is 24.3 Å². The van der Waals surface area contributed by atoms with Gasteiger partial charge < -0.3 is 10.6 Å². The van der Waals surface area contributed by atoms with Crippen LogP contribution in [0.1, 0.15) is 32.8 Å². The van der Waals surface area contributed by atoms with Crippen LogP contribution in [-0.2, 0) is 15.0 Å². The highest BCUT2D eigenvalue weighted by Crippen LogP contribution is 2.25. The minimum absolute atomic E-state index is 0.0439. The van der Waals surface area contributed by atoms with Crippen LogP contribution in [0, 0.1) is 0 Å². The molecule has 0 aliphatic rings. The maximum absolute atomic E-state index is 12.0. The van der Waals surface area contributed by atoms with Crippen LogP contribution in [0.15, 0.2) is 42.5 Å². The molecule has 0 aromatic heterocycles. The van der Waals surface area contributed by atoms with E-state index in [2.05, 4.69) is 31.4 Å². The van der Waals surface area contributed by atoms with E-state index >= 15 is 0 Å². The summed E-state index contributed by atoms with van der Waals surface area (Å²) in [4.78, 5) is 23.9. The SMILES string of the molecule is CC(C)(C)c1ccc(NC(=O)CC(=O)Nc2ccc(Cl)c(Cl)c2)cc1. The number of rotatable bonds is 4. The Balaban J connectivity index is 1.91.